The molecular weight excluding hydrogens is 340 g/mol. The molecule has 12 nitrogen and oxygen atoms in total. The molecule has 3 rings (SSSR count). The predicted molar refractivity (Wildman–Crippen MR) is 79.5 cm³/mol. The zero-order chi connectivity index (χ0) is 16.9. The van der Waals surface area contributed by atoms with Crippen molar-refractivity contribution in [1.29, 1.82) is 0 Å². The molecule has 1 N–H and O–H groups in total. The molecule has 0 spiro atoms. The number of carbonyl (C=O) groups is 1. The number of para-hydroxylation sites is 1. The van der Waals surface area contributed by atoms with Crippen molar-refractivity contribution in [3.8, 4) is 5.69 Å². The van der Waals surface area contributed by atoms with Crippen LogP contribution in [0.2, 0.25) is 0 Å². The summed E-state index contributed by atoms with van der Waals surface area (Å²) in [7, 11) is 0. The Morgan fingerprint density at radius 2 is 2.12 bits per heavy atom. The SMILES string of the molecule is O=C(CSc1nnnn1-c1ccccc1)Nc1nonc1[N+](=O)[O-]. The Balaban J connectivity index is 1.64. The fourth-order valence-electron chi connectivity index (χ4n) is 1.68. The fourth-order valence-corrected chi connectivity index (χ4v) is 2.37. The van der Waals surface area contributed by atoms with Crippen molar-refractivity contribution < 1.29 is 14.3 Å². The number of amides is 1. The van der Waals surface area contributed by atoms with Gasteiger partial charge in [0.25, 0.3) is 5.82 Å². The van der Waals surface area contributed by atoms with Gasteiger partial charge in [-0.3, -0.25) is 10.1 Å². The molecule has 0 bridgehead atoms. The molecule has 0 saturated carbocycles. The zero-order valence-electron chi connectivity index (χ0n) is 11.8. The van der Waals surface area contributed by atoms with E-state index in [0.717, 1.165) is 17.4 Å². The summed E-state index contributed by atoms with van der Waals surface area (Å²) in [6.45, 7) is 0. The van der Waals surface area contributed by atoms with E-state index in [4.69, 9.17) is 0 Å². The van der Waals surface area contributed by atoms with Crippen molar-refractivity contribution >= 4 is 29.3 Å². The molecule has 122 valence electrons. The van der Waals surface area contributed by atoms with Gasteiger partial charge in [-0.2, -0.15) is 4.68 Å². The summed E-state index contributed by atoms with van der Waals surface area (Å²) in [5.74, 6) is -1.64. The lowest BCUT2D eigenvalue weighted by Gasteiger charge is -2.03. The Morgan fingerprint density at radius 1 is 1.33 bits per heavy atom. The monoisotopic (exact) mass is 348 g/mol. The third-order valence-corrected chi connectivity index (χ3v) is 3.60. The third kappa shape index (κ3) is 3.35. The Hall–Kier alpha value is -3.35. The van der Waals surface area contributed by atoms with E-state index in [1.54, 1.807) is 0 Å². The Morgan fingerprint density at radius 3 is 2.88 bits per heavy atom. The Labute approximate surface area is 137 Å². The number of thioether (sulfide) groups is 1. The molecule has 2 aromatic heterocycles. The van der Waals surface area contributed by atoms with Crippen molar-refractivity contribution in [2.24, 2.45) is 0 Å². The summed E-state index contributed by atoms with van der Waals surface area (Å²) < 4.78 is 5.71. The Kier molecular flexibility index (Phi) is 4.42. The van der Waals surface area contributed by atoms with Crippen LogP contribution in [0.3, 0.4) is 0 Å². The number of tetrazole rings is 1. The number of hydrogen-bond acceptors (Lipinski definition) is 10. The number of rotatable bonds is 6. The molecule has 1 aromatic carbocycles. The first-order valence-electron chi connectivity index (χ1n) is 6.38. The van der Waals surface area contributed by atoms with Crippen LogP contribution in [-0.4, -0.2) is 47.1 Å². The van der Waals surface area contributed by atoms with E-state index < -0.39 is 16.6 Å². The van der Waals surface area contributed by atoms with E-state index in [9.17, 15) is 14.9 Å². The van der Waals surface area contributed by atoms with E-state index in [1.165, 1.54) is 4.68 Å². The summed E-state index contributed by atoms with van der Waals surface area (Å²) in [4.78, 5) is 21.7. The lowest BCUT2D eigenvalue weighted by molar-refractivity contribution is -0.390. The number of aromatic nitrogens is 6. The number of hydrogen-bond donors (Lipinski definition) is 1. The predicted octanol–water partition coefficient (Wildman–Crippen LogP) is 0.684. The quantitative estimate of drug-likeness (QED) is 0.382. The summed E-state index contributed by atoms with van der Waals surface area (Å²) >= 11 is 1.06. The van der Waals surface area contributed by atoms with E-state index in [-0.39, 0.29) is 11.6 Å². The van der Waals surface area contributed by atoms with Gasteiger partial charge in [0.1, 0.15) is 0 Å². The average molecular weight is 348 g/mol. The van der Waals surface area contributed by atoms with E-state index in [1.807, 2.05) is 30.3 Å². The minimum absolute atomic E-state index is 0.0861. The van der Waals surface area contributed by atoms with Crippen LogP contribution in [0.5, 0.6) is 0 Å². The number of carbonyl (C=O) groups excluding carboxylic acids is 1. The van der Waals surface area contributed by atoms with Gasteiger partial charge in [0.15, 0.2) is 5.16 Å². The van der Waals surface area contributed by atoms with Crippen LogP contribution in [-0.2, 0) is 4.79 Å². The second-order valence-electron chi connectivity index (χ2n) is 4.24. The molecule has 0 aliphatic heterocycles. The Bertz CT molecular complexity index is 864. The standard InChI is InChI=1S/C11H8N8O4S/c20-8(12-9-10(19(21)22)15-23-14-9)6-24-11-13-16-17-18(11)7-4-2-1-3-5-7/h1-5H,6H2,(H,12,14,20). The third-order valence-electron chi connectivity index (χ3n) is 2.68. The summed E-state index contributed by atoms with van der Waals surface area (Å²) in [6.07, 6.45) is 0. The second kappa shape index (κ2) is 6.82. The normalized spacial score (nSPS) is 10.5. The topological polar surface area (TPSA) is 155 Å². The van der Waals surface area contributed by atoms with E-state index in [2.05, 4.69) is 35.8 Å². The highest BCUT2D eigenvalue weighted by molar-refractivity contribution is 7.99. The molecule has 0 fully saturated rings. The smallest absolute Gasteiger partial charge is 0.358 e. The van der Waals surface area contributed by atoms with Crippen molar-refractivity contribution in [3.63, 3.8) is 0 Å². The molecule has 0 saturated heterocycles. The lowest BCUT2D eigenvalue weighted by Crippen LogP contribution is -2.15. The van der Waals surface area contributed by atoms with Gasteiger partial charge in [-0.25, -0.2) is 0 Å². The van der Waals surface area contributed by atoms with E-state index in [0.29, 0.717) is 5.16 Å². The van der Waals surface area contributed by atoms with Gasteiger partial charge in [-0.1, -0.05) is 30.0 Å². The summed E-state index contributed by atoms with van der Waals surface area (Å²) in [5, 5.41) is 30.9. The van der Waals surface area contributed by atoms with Crippen LogP contribution in [0.4, 0.5) is 11.6 Å². The summed E-state index contributed by atoms with van der Waals surface area (Å²) in [6, 6.07) is 9.13. The van der Waals surface area contributed by atoms with Crippen LogP contribution >= 0.6 is 11.8 Å². The highest BCUT2D eigenvalue weighted by Crippen LogP contribution is 2.20. The first kappa shape index (κ1) is 15.5. The molecule has 0 unspecified atom stereocenters. The van der Waals surface area contributed by atoms with Gasteiger partial charge in [0.2, 0.25) is 11.1 Å². The maximum absolute atomic E-state index is 11.9. The van der Waals surface area contributed by atoms with Gasteiger partial charge in [0.05, 0.1) is 11.4 Å². The number of nitrogens with zero attached hydrogens (tertiary/aromatic N) is 7. The van der Waals surface area contributed by atoms with Crippen molar-refractivity contribution in [2.45, 2.75) is 5.16 Å². The molecule has 1 amide bonds. The molecule has 0 atom stereocenters. The highest BCUT2D eigenvalue weighted by Gasteiger charge is 2.24. The average Bonchev–Trinajstić information content (AvgIpc) is 3.22. The molecule has 0 aliphatic rings. The molecule has 24 heavy (non-hydrogen) atoms. The molecule has 0 aliphatic carbocycles. The second-order valence-corrected chi connectivity index (χ2v) is 5.18. The first-order chi connectivity index (χ1) is 11.6. The number of benzene rings is 1. The van der Waals surface area contributed by atoms with Crippen molar-refractivity contribution in [1.82, 2.24) is 30.5 Å². The molecule has 2 heterocycles. The number of nitro groups is 1. The molecule has 0 radical (unpaired) electrons. The van der Waals surface area contributed by atoms with Gasteiger partial charge in [0, 0.05) is 5.16 Å². The lowest BCUT2D eigenvalue weighted by atomic mass is 10.3. The van der Waals surface area contributed by atoms with Crippen LogP contribution in [0, 0.1) is 10.1 Å². The largest absolute Gasteiger partial charge is 0.459 e. The molecular formula is C11H8N8O4S. The minimum atomic E-state index is -0.810. The van der Waals surface area contributed by atoms with Gasteiger partial charge in [-0.05, 0) is 27.5 Å². The van der Waals surface area contributed by atoms with Gasteiger partial charge >= 0.3 is 5.82 Å². The fraction of sp³-hybridized carbons (Fsp3) is 0.0909. The maximum Gasteiger partial charge on any atom is 0.459 e. The minimum Gasteiger partial charge on any atom is -0.358 e. The van der Waals surface area contributed by atoms with Gasteiger partial charge in [-0.15, -0.1) is 9.73 Å². The van der Waals surface area contributed by atoms with Gasteiger partial charge < -0.3 is 10.1 Å². The maximum atomic E-state index is 11.9. The van der Waals surface area contributed by atoms with Crippen molar-refractivity contribution in [3.05, 3.63) is 40.4 Å². The number of nitrogens with one attached hydrogen (secondary N) is 1. The van der Waals surface area contributed by atoms with Crippen LogP contribution in [0.1, 0.15) is 0 Å². The number of anilines is 1. The van der Waals surface area contributed by atoms with Crippen molar-refractivity contribution in [2.75, 3.05) is 11.1 Å². The first-order valence-corrected chi connectivity index (χ1v) is 7.37. The van der Waals surface area contributed by atoms with Crippen LogP contribution in [0.25, 0.3) is 5.69 Å². The molecule has 3 aromatic rings. The highest BCUT2D eigenvalue weighted by atomic mass is 32.2. The van der Waals surface area contributed by atoms with Crippen LogP contribution < -0.4 is 5.32 Å². The zero-order valence-corrected chi connectivity index (χ0v) is 12.6. The summed E-state index contributed by atoms with van der Waals surface area (Å²) in [5.41, 5.74) is 0.738. The molecule has 13 heteroatoms. The van der Waals surface area contributed by atoms with Crippen LogP contribution in [0.15, 0.2) is 40.1 Å². The van der Waals surface area contributed by atoms with E-state index >= 15 is 0 Å².